The van der Waals surface area contributed by atoms with Crippen LogP contribution in [-0.4, -0.2) is 14.5 Å². The highest BCUT2D eigenvalue weighted by atomic mass is 16.3. The Bertz CT molecular complexity index is 2230. The van der Waals surface area contributed by atoms with Crippen LogP contribution in [0.2, 0.25) is 0 Å². The smallest absolute Gasteiger partial charge is 0.227 e. The Morgan fingerprint density at radius 3 is 2.09 bits per heavy atom. The van der Waals surface area contributed by atoms with Gasteiger partial charge in [-0.05, 0) is 102 Å². The number of fused-ring (bicyclic) bond motifs is 4. The molecule has 43 heavy (non-hydrogen) atoms. The largest absolute Gasteiger partial charge is 0.437 e. The van der Waals surface area contributed by atoms with E-state index in [4.69, 9.17) is 14.4 Å². The Morgan fingerprint density at radius 2 is 1.40 bits per heavy atom. The SMILES string of the molecule is [2H]C(C)(C)c1cc(-c2ccccc2)cc(C([2H])(C)C)c1-n1c(-c2ccc(C)c3c2oc2nc(C)c(C)cc23)nc2ccccc21. The molecule has 0 bridgehead atoms. The van der Waals surface area contributed by atoms with E-state index >= 15 is 0 Å². The average Bonchev–Trinajstić information content (AvgIpc) is 3.55. The molecule has 7 aromatic rings. The van der Waals surface area contributed by atoms with Gasteiger partial charge < -0.3 is 4.42 Å². The van der Waals surface area contributed by atoms with Gasteiger partial charge in [-0.25, -0.2) is 9.97 Å². The fraction of sp³-hybridized carbons (Fsp3) is 0.231. The molecule has 214 valence electrons. The summed E-state index contributed by atoms with van der Waals surface area (Å²) < 4.78 is 27.6. The quantitative estimate of drug-likeness (QED) is 0.208. The van der Waals surface area contributed by atoms with Crippen molar-refractivity contribution in [3.8, 4) is 28.2 Å². The van der Waals surface area contributed by atoms with Crippen LogP contribution in [0.15, 0.2) is 89.3 Å². The number of hydrogen-bond donors (Lipinski definition) is 0. The molecule has 0 radical (unpaired) electrons. The zero-order chi connectivity index (χ0) is 31.8. The fourth-order valence-electron chi connectivity index (χ4n) is 6.20. The molecule has 0 spiro atoms. The average molecular weight is 566 g/mol. The highest BCUT2D eigenvalue weighted by Gasteiger charge is 2.26. The van der Waals surface area contributed by atoms with E-state index in [9.17, 15) is 2.74 Å². The van der Waals surface area contributed by atoms with Crippen molar-refractivity contribution < 1.29 is 7.16 Å². The topological polar surface area (TPSA) is 43.9 Å². The van der Waals surface area contributed by atoms with Gasteiger partial charge in [0, 0.05) is 19.2 Å². The molecule has 4 heteroatoms. The van der Waals surface area contributed by atoms with Crippen molar-refractivity contribution in [1.82, 2.24) is 14.5 Å². The molecule has 0 amide bonds. The van der Waals surface area contributed by atoms with Crippen LogP contribution in [0.3, 0.4) is 0 Å². The van der Waals surface area contributed by atoms with E-state index in [1.807, 2.05) is 71.0 Å². The monoisotopic (exact) mass is 565 g/mol. The van der Waals surface area contributed by atoms with Crippen LogP contribution in [0.1, 0.15) is 70.2 Å². The maximum Gasteiger partial charge on any atom is 0.227 e. The zero-order valence-electron chi connectivity index (χ0n) is 27.8. The number of rotatable bonds is 5. The second-order valence-corrected chi connectivity index (χ2v) is 12.0. The number of nitrogens with zero attached hydrogens (tertiary/aromatic N) is 3. The van der Waals surface area contributed by atoms with Crippen LogP contribution in [-0.2, 0) is 0 Å². The van der Waals surface area contributed by atoms with Gasteiger partial charge in [0.1, 0.15) is 11.4 Å². The highest BCUT2D eigenvalue weighted by Crippen LogP contribution is 2.43. The highest BCUT2D eigenvalue weighted by molar-refractivity contribution is 6.10. The van der Waals surface area contributed by atoms with E-state index in [-0.39, 0.29) is 0 Å². The molecule has 0 fully saturated rings. The van der Waals surface area contributed by atoms with E-state index in [1.54, 1.807) is 0 Å². The molecule has 3 aromatic heterocycles. The van der Waals surface area contributed by atoms with Crippen molar-refractivity contribution in [2.24, 2.45) is 0 Å². The Morgan fingerprint density at radius 1 is 0.721 bits per heavy atom. The summed E-state index contributed by atoms with van der Waals surface area (Å²) in [6.45, 7) is 13.8. The number of hydrogen-bond acceptors (Lipinski definition) is 3. The molecule has 7 rings (SSSR count). The number of furan rings is 1. The van der Waals surface area contributed by atoms with E-state index in [1.165, 1.54) is 0 Å². The predicted molar refractivity (Wildman–Crippen MR) is 179 cm³/mol. The summed E-state index contributed by atoms with van der Waals surface area (Å²) in [5, 5.41) is 2.02. The maximum atomic E-state index is 9.41. The molecule has 0 aliphatic rings. The minimum absolute atomic E-state index is 0.611. The Balaban J connectivity index is 1.64. The lowest BCUT2D eigenvalue weighted by Crippen LogP contribution is -2.09. The number of aromatic nitrogens is 3. The van der Waals surface area contributed by atoms with E-state index in [2.05, 4.69) is 66.9 Å². The first-order valence-electron chi connectivity index (χ1n) is 15.9. The van der Waals surface area contributed by atoms with E-state index in [0.717, 1.165) is 77.7 Å². The third kappa shape index (κ3) is 4.36. The molecule has 0 aliphatic carbocycles. The standard InChI is InChI=1S/C39H37N3O/c1-22(2)30-20-28(27-13-9-8-10-14-27)21-31(23(3)4)36(30)42-34-16-12-11-15-33(34)41-38(42)29-18-17-24(5)35-32-19-25(6)26(7)40-39(32)43-37(29)35/h8-23H,1-7H3/i22D,23D. The van der Waals surface area contributed by atoms with Gasteiger partial charge in [-0.3, -0.25) is 4.57 Å². The second kappa shape index (κ2) is 10.2. The zero-order valence-corrected chi connectivity index (χ0v) is 25.8. The number of imidazole rings is 1. The molecule has 4 aromatic carbocycles. The van der Waals surface area contributed by atoms with E-state index in [0.29, 0.717) is 11.5 Å². The normalized spacial score (nSPS) is 13.2. The van der Waals surface area contributed by atoms with Crippen LogP contribution in [0.5, 0.6) is 0 Å². The van der Waals surface area contributed by atoms with Crippen molar-refractivity contribution in [3.63, 3.8) is 0 Å². The summed E-state index contributed by atoms with van der Waals surface area (Å²) in [5.41, 5.74) is 11.6. The maximum absolute atomic E-state index is 9.41. The lowest BCUT2D eigenvalue weighted by Gasteiger charge is -2.24. The van der Waals surface area contributed by atoms with Gasteiger partial charge in [-0.15, -0.1) is 0 Å². The van der Waals surface area contributed by atoms with Crippen molar-refractivity contribution in [1.29, 1.82) is 0 Å². The molecule has 3 heterocycles. The van der Waals surface area contributed by atoms with Crippen molar-refractivity contribution in [3.05, 3.63) is 113 Å². The van der Waals surface area contributed by atoms with Gasteiger partial charge in [0.2, 0.25) is 5.71 Å². The van der Waals surface area contributed by atoms with Gasteiger partial charge in [-0.2, -0.15) is 0 Å². The van der Waals surface area contributed by atoms with Crippen LogP contribution in [0, 0.1) is 20.8 Å². The Labute approximate surface area is 255 Å². The lowest BCUT2D eigenvalue weighted by molar-refractivity contribution is 0.652. The summed E-state index contributed by atoms with van der Waals surface area (Å²) >= 11 is 0. The van der Waals surface area contributed by atoms with Gasteiger partial charge in [-0.1, -0.05) is 76.2 Å². The summed E-state index contributed by atoms with van der Waals surface area (Å²) in [6, 6.07) is 28.9. The van der Waals surface area contributed by atoms with Crippen LogP contribution < -0.4 is 0 Å². The third-order valence-corrected chi connectivity index (χ3v) is 8.58. The summed E-state index contributed by atoms with van der Waals surface area (Å²) in [6.07, 6.45) is 0. The van der Waals surface area contributed by atoms with Crippen LogP contribution >= 0.6 is 0 Å². The number of pyridine rings is 1. The molecule has 0 saturated carbocycles. The lowest BCUT2D eigenvalue weighted by atomic mass is 9.88. The minimum atomic E-state index is -0.982. The molecular weight excluding hydrogens is 526 g/mol. The van der Waals surface area contributed by atoms with Gasteiger partial charge in [0.15, 0.2) is 0 Å². The predicted octanol–water partition coefficient (Wildman–Crippen LogP) is 10.8. The number of para-hydroxylation sites is 2. The molecule has 0 aliphatic heterocycles. The van der Waals surface area contributed by atoms with E-state index < -0.39 is 11.8 Å². The van der Waals surface area contributed by atoms with Crippen LogP contribution in [0.25, 0.3) is 61.3 Å². The summed E-state index contributed by atoms with van der Waals surface area (Å²) in [7, 11) is 0. The van der Waals surface area contributed by atoms with Gasteiger partial charge >= 0.3 is 0 Å². The number of benzene rings is 4. The molecule has 0 atom stereocenters. The van der Waals surface area contributed by atoms with Gasteiger partial charge in [0.05, 0.1) is 22.3 Å². The molecule has 0 N–H and O–H groups in total. The first kappa shape index (κ1) is 24.9. The second-order valence-electron chi connectivity index (χ2n) is 12.0. The molecule has 0 unspecified atom stereocenters. The summed E-state index contributed by atoms with van der Waals surface area (Å²) in [4.78, 5) is 10.0. The van der Waals surface area contributed by atoms with Crippen molar-refractivity contribution in [2.75, 3.05) is 0 Å². The first-order chi connectivity index (χ1) is 21.3. The fourth-order valence-corrected chi connectivity index (χ4v) is 6.20. The summed E-state index contributed by atoms with van der Waals surface area (Å²) in [5.74, 6) is -1.26. The van der Waals surface area contributed by atoms with Crippen molar-refractivity contribution in [2.45, 2.75) is 60.3 Å². The molecular formula is C39H37N3O. The van der Waals surface area contributed by atoms with Crippen LogP contribution in [0.4, 0.5) is 0 Å². The molecule has 4 nitrogen and oxygen atoms in total. The Kier molecular flexibility index (Phi) is 5.92. The first-order valence-corrected chi connectivity index (χ1v) is 14.9. The van der Waals surface area contributed by atoms with Gasteiger partial charge in [0.25, 0.3) is 0 Å². The molecule has 0 saturated heterocycles. The third-order valence-electron chi connectivity index (χ3n) is 8.58. The van der Waals surface area contributed by atoms with Crippen molar-refractivity contribution >= 4 is 33.1 Å². The number of aryl methyl sites for hydroxylation is 3. The minimum Gasteiger partial charge on any atom is -0.437 e. The Hall–Kier alpha value is -4.70.